The minimum Gasteiger partial charge on any atom is -0.455 e. The molecule has 0 aliphatic carbocycles. The molecule has 5 nitrogen and oxygen atoms in total. The molecular weight excluding hydrogens is 362 g/mol. The van der Waals surface area contributed by atoms with E-state index in [9.17, 15) is 15.2 Å². The molecule has 0 unspecified atom stereocenters. The predicted octanol–water partition coefficient (Wildman–Crippen LogP) is 4.86. The highest BCUT2D eigenvalue weighted by molar-refractivity contribution is 9.10. The minimum atomic E-state index is -0.585. The van der Waals surface area contributed by atoms with Gasteiger partial charge < -0.3 is 9.84 Å². The molecule has 0 radical (unpaired) electrons. The fourth-order valence-electron chi connectivity index (χ4n) is 1.66. The van der Waals surface area contributed by atoms with Crippen LogP contribution in [0.5, 0.6) is 11.5 Å². The molecule has 0 bridgehead atoms. The fraction of sp³-hybridized carbons (Fsp3) is 0.143. The highest BCUT2D eigenvalue weighted by atomic mass is 79.9. The van der Waals surface area contributed by atoms with Gasteiger partial charge in [0.15, 0.2) is 0 Å². The van der Waals surface area contributed by atoms with Crippen LogP contribution in [0, 0.1) is 10.1 Å². The van der Waals surface area contributed by atoms with Crippen LogP contribution in [0.2, 0.25) is 5.02 Å². The van der Waals surface area contributed by atoms with Crippen molar-refractivity contribution in [2.24, 2.45) is 0 Å². The summed E-state index contributed by atoms with van der Waals surface area (Å²) in [5.41, 5.74) is 0.639. The maximum absolute atomic E-state index is 10.7. The van der Waals surface area contributed by atoms with E-state index in [1.807, 2.05) is 0 Å². The number of rotatable bonds is 4. The average Bonchev–Trinajstić information content (AvgIpc) is 2.42. The van der Waals surface area contributed by atoms with E-state index in [2.05, 4.69) is 15.9 Å². The SMILES string of the molecule is C[C@@H](O)c1ccc(Oc2ccc([N+](=O)[O-])cc2Cl)c(Br)c1. The highest BCUT2D eigenvalue weighted by Gasteiger charge is 2.13. The van der Waals surface area contributed by atoms with E-state index < -0.39 is 11.0 Å². The number of hydrogen-bond donors (Lipinski definition) is 1. The van der Waals surface area contributed by atoms with Crippen LogP contribution in [0.4, 0.5) is 5.69 Å². The second-order valence-electron chi connectivity index (χ2n) is 4.34. The molecule has 0 amide bonds. The van der Waals surface area contributed by atoms with Gasteiger partial charge in [-0.3, -0.25) is 10.1 Å². The third-order valence-corrected chi connectivity index (χ3v) is 3.70. The Morgan fingerprint density at radius 2 is 1.95 bits per heavy atom. The monoisotopic (exact) mass is 371 g/mol. The van der Waals surface area contributed by atoms with Gasteiger partial charge in [-0.2, -0.15) is 0 Å². The zero-order valence-corrected chi connectivity index (χ0v) is 13.3. The number of aliphatic hydroxyl groups excluding tert-OH is 1. The van der Waals surface area contributed by atoms with Crippen LogP contribution < -0.4 is 4.74 Å². The third-order valence-electron chi connectivity index (χ3n) is 2.78. The number of nitro groups is 1. The molecule has 21 heavy (non-hydrogen) atoms. The van der Waals surface area contributed by atoms with Crippen molar-refractivity contribution in [1.82, 2.24) is 0 Å². The molecule has 2 rings (SSSR count). The molecule has 0 aromatic heterocycles. The van der Waals surface area contributed by atoms with Gasteiger partial charge >= 0.3 is 0 Å². The van der Waals surface area contributed by atoms with Gasteiger partial charge in [0.1, 0.15) is 11.5 Å². The van der Waals surface area contributed by atoms with Gasteiger partial charge in [0.2, 0.25) is 0 Å². The summed E-state index contributed by atoms with van der Waals surface area (Å²) in [6.07, 6.45) is -0.585. The van der Waals surface area contributed by atoms with Crippen LogP contribution in [0.25, 0.3) is 0 Å². The van der Waals surface area contributed by atoms with Crippen molar-refractivity contribution in [3.63, 3.8) is 0 Å². The molecule has 2 aromatic rings. The first-order chi connectivity index (χ1) is 9.88. The Morgan fingerprint density at radius 3 is 2.48 bits per heavy atom. The Hall–Kier alpha value is -1.63. The van der Waals surface area contributed by atoms with E-state index in [0.717, 1.165) is 5.56 Å². The van der Waals surface area contributed by atoms with Crippen LogP contribution in [0.3, 0.4) is 0 Å². The van der Waals surface area contributed by atoms with Crippen molar-refractivity contribution in [2.45, 2.75) is 13.0 Å². The molecule has 1 atom stereocenters. The van der Waals surface area contributed by atoms with Crippen LogP contribution in [0.1, 0.15) is 18.6 Å². The molecule has 7 heteroatoms. The standard InChI is InChI=1S/C14H11BrClNO4/c1-8(18)9-2-4-13(11(15)6-9)21-14-5-3-10(17(19)20)7-12(14)16/h2-8,18H,1H3/t8-/m1/s1. The van der Waals surface area contributed by atoms with Crippen LogP contribution in [-0.4, -0.2) is 10.0 Å². The normalized spacial score (nSPS) is 12.0. The zero-order chi connectivity index (χ0) is 15.6. The molecule has 2 aromatic carbocycles. The topological polar surface area (TPSA) is 72.6 Å². The summed E-state index contributed by atoms with van der Waals surface area (Å²) >= 11 is 9.32. The molecule has 0 saturated carbocycles. The lowest BCUT2D eigenvalue weighted by molar-refractivity contribution is -0.384. The first-order valence-electron chi connectivity index (χ1n) is 5.98. The molecule has 0 saturated heterocycles. The summed E-state index contributed by atoms with van der Waals surface area (Å²) < 4.78 is 6.27. The molecular formula is C14H11BrClNO4. The van der Waals surface area contributed by atoms with E-state index >= 15 is 0 Å². The Morgan fingerprint density at radius 1 is 1.29 bits per heavy atom. The second kappa shape index (κ2) is 6.43. The average molecular weight is 373 g/mol. The second-order valence-corrected chi connectivity index (χ2v) is 5.60. The van der Waals surface area contributed by atoms with E-state index in [1.54, 1.807) is 25.1 Å². The van der Waals surface area contributed by atoms with Crippen molar-refractivity contribution < 1.29 is 14.8 Å². The van der Waals surface area contributed by atoms with Gasteiger partial charge in [0, 0.05) is 12.1 Å². The van der Waals surface area contributed by atoms with Crippen molar-refractivity contribution >= 4 is 33.2 Å². The number of aliphatic hydroxyl groups is 1. The van der Waals surface area contributed by atoms with Crippen molar-refractivity contribution in [3.8, 4) is 11.5 Å². The summed E-state index contributed by atoms with van der Waals surface area (Å²) in [6, 6.07) is 9.14. The summed E-state index contributed by atoms with van der Waals surface area (Å²) in [6.45, 7) is 1.66. The number of nitro benzene ring substituents is 1. The van der Waals surface area contributed by atoms with Crippen molar-refractivity contribution in [1.29, 1.82) is 0 Å². The summed E-state index contributed by atoms with van der Waals surface area (Å²) in [7, 11) is 0. The van der Waals surface area contributed by atoms with Gasteiger partial charge in [0.25, 0.3) is 5.69 Å². The van der Waals surface area contributed by atoms with Gasteiger partial charge in [0.05, 0.1) is 20.5 Å². The molecule has 0 heterocycles. The maximum atomic E-state index is 10.7. The molecule has 0 aliphatic rings. The lowest BCUT2D eigenvalue weighted by Crippen LogP contribution is -1.93. The quantitative estimate of drug-likeness (QED) is 0.614. The van der Waals surface area contributed by atoms with Crippen LogP contribution in [0.15, 0.2) is 40.9 Å². The van der Waals surface area contributed by atoms with Crippen molar-refractivity contribution in [2.75, 3.05) is 0 Å². The zero-order valence-electron chi connectivity index (χ0n) is 10.9. The van der Waals surface area contributed by atoms with E-state index in [4.69, 9.17) is 16.3 Å². The molecule has 0 aliphatic heterocycles. The first kappa shape index (κ1) is 15.8. The third kappa shape index (κ3) is 3.72. The maximum Gasteiger partial charge on any atom is 0.271 e. The molecule has 110 valence electrons. The summed E-state index contributed by atoms with van der Waals surface area (Å²) in [4.78, 5) is 10.1. The predicted molar refractivity (Wildman–Crippen MR) is 83.0 cm³/mol. The molecule has 1 N–H and O–H groups in total. The van der Waals surface area contributed by atoms with Crippen molar-refractivity contribution in [3.05, 3.63) is 61.6 Å². The fourth-order valence-corrected chi connectivity index (χ4v) is 2.36. The van der Waals surface area contributed by atoms with Crippen LogP contribution >= 0.6 is 27.5 Å². The summed E-state index contributed by atoms with van der Waals surface area (Å²) in [5, 5.41) is 20.3. The number of ether oxygens (including phenoxy) is 1. The van der Waals surface area contributed by atoms with Gasteiger partial charge in [-0.15, -0.1) is 0 Å². The highest BCUT2D eigenvalue weighted by Crippen LogP contribution is 2.36. The van der Waals surface area contributed by atoms with E-state index in [-0.39, 0.29) is 10.7 Å². The smallest absolute Gasteiger partial charge is 0.271 e. The first-order valence-corrected chi connectivity index (χ1v) is 7.15. The molecule has 0 fully saturated rings. The van der Waals surface area contributed by atoms with E-state index in [0.29, 0.717) is 16.0 Å². The number of nitrogens with zero attached hydrogens (tertiary/aromatic N) is 1. The van der Waals surface area contributed by atoms with Gasteiger partial charge in [-0.1, -0.05) is 17.7 Å². The number of halogens is 2. The number of non-ortho nitro benzene ring substituents is 1. The number of hydrogen-bond acceptors (Lipinski definition) is 4. The van der Waals surface area contributed by atoms with Gasteiger partial charge in [-0.25, -0.2) is 0 Å². The Balaban J connectivity index is 2.28. The Labute approximate surface area is 134 Å². The minimum absolute atomic E-state index is 0.101. The van der Waals surface area contributed by atoms with Gasteiger partial charge in [-0.05, 0) is 46.6 Å². The summed E-state index contributed by atoms with van der Waals surface area (Å²) in [5.74, 6) is 0.808. The Kier molecular flexibility index (Phi) is 4.82. The van der Waals surface area contributed by atoms with E-state index in [1.165, 1.54) is 18.2 Å². The lowest BCUT2D eigenvalue weighted by Gasteiger charge is -2.11. The number of benzene rings is 2. The molecule has 0 spiro atoms. The largest absolute Gasteiger partial charge is 0.455 e. The Bertz CT molecular complexity index is 691. The van der Waals surface area contributed by atoms with Crippen LogP contribution in [-0.2, 0) is 0 Å². The lowest BCUT2D eigenvalue weighted by atomic mass is 10.1.